The Balaban J connectivity index is 1.33. The average molecular weight is 382 g/mol. The molecule has 1 saturated heterocycles. The number of likely N-dealkylation sites (tertiary alicyclic amines) is 1. The molecular weight excluding hydrogens is 356 g/mol. The van der Waals surface area contributed by atoms with Gasteiger partial charge in [-0.15, -0.1) is 0 Å². The maximum Gasteiger partial charge on any atom is 0.316 e. The molecule has 3 heterocycles. The molecule has 0 spiro atoms. The Morgan fingerprint density at radius 2 is 1.96 bits per heavy atom. The van der Waals surface area contributed by atoms with E-state index in [0.717, 1.165) is 42.6 Å². The van der Waals surface area contributed by atoms with Gasteiger partial charge >= 0.3 is 11.8 Å². The van der Waals surface area contributed by atoms with Gasteiger partial charge in [-0.3, -0.25) is 4.79 Å². The van der Waals surface area contributed by atoms with Crippen LogP contribution >= 0.6 is 0 Å². The van der Waals surface area contributed by atoms with E-state index in [2.05, 4.69) is 20.4 Å². The van der Waals surface area contributed by atoms with E-state index in [0.29, 0.717) is 18.1 Å². The average Bonchev–Trinajstić information content (AvgIpc) is 3.23. The van der Waals surface area contributed by atoms with Crippen molar-refractivity contribution < 1.29 is 13.7 Å². The van der Waals surface area contributed by atoms with E-state index in [9.17, 15) is 4.79 Å². The van der Waals surface area contributed by atoms with Crippen molar-refractivity contribution >= 4 is 16.9 Å². The van der Waals surface area contributed by atoms with Crippen molar-refractivity contribution in [3.63, 3.8) is 0 Å². The first-order valence-electron chi connectivity index (χ1n) is 10.0. The number of fused-ring (bicyclic) bond motifs is 1. The molecule has 0 aliphatic carbocycles. The van der Waals surface area contributed by atoms with Crippen molar-refractivity contribution in [1.82, 2.24) is 20.4 Å². The van der Waals surface area contributed by atoms with Crippen molar-refractivity contribution in [1.29, 1.82) is 0 Å². The van der Waals surface area contributed by atoms with Gasteiger partial charge in [0, 0.05) is 17.5 Å². The number of furan rings is 1. The summed E-state index contributed by atoms with van der Waals surface area (Å²) in [4.78, 5) is 19.0. The lowest BCUT2D eigenvalue weighted by molar-refractivity contribution is 0.0908. The molecule has 1 aromatic carbocycles. The van der Waals surface area contributed by atoms with Crippen molar-refractivity contribution in [3.8, 4) is 11.6 Å². The van der Waals surface area contributed by atoms with Gasteiger partial charge in [-0.1, -0.05) is 36.2 Å². The van der Waals surface area contributed by atoms with Gasteiger partial charge in [-0.2, -0.15) is 4.98 Å². The summed E-state index contributed by atoms with van der Waals surface area (Å²) in [5.74, 6) is 0.446. The highest BCUT2D eigenvalue weighted by atomic mass is 16.5. The zero-order valence-electron chi connectivity index (χ0n) is 16.2. The second-order valence-electron chi connectivity index (χ2n) is 7.34. The number of amides is 1. The van der Waals surface area contributed by atoms with Crippen molar-refractivity contribution in [2.24, 2.45) is 0 Å². The summed E-state index contributed by atoms with van der Waals surface area (Å²) < 4.78 is 11.0. The Labute approximate surface area is 164 Å². The SMILES string of the molecule is Cc1c(-c2noc(C(=O)NCCCN3CCCCCC3)n2)oc2ccccc12. The van der Waals surface area contributed by atoms with E-state index in [1.165, 1.54) is 25.7 Å². The van der Waals surface area contributed by atoms with Crippen LogP contribution in [0.25, 0.3) is 22.6 Å². The molecule has 3 aromatic rings. The molecule has 0 radical (unpaired) electrons. The number of aryl methyl sites for hydroxylation is 1. The first-order valence-corrected chi connectivity index (χ1v) is 10.0. The fourth-order valence-corrected chi connectivity index (χ4v) is 3.74. The van der Waals surface area contributed by atoms with Gasteiger partial charge in [0.25, 0.3) is 0 Å². The van der Waals surface area contributed by atoms with E-state index in [4.69, 9.17) is 8.94 Å². The summed E-state index contributed by atoms with van der Waals surface area (Å²) in [6.45, 7) is 5.87. The molecule has 7 heteroatoms. The van der Waals surface area contributed by atoms with Gasteiger partial charge in [0.05, 0.1) is 0 Å². The molecule has 0 atom stereocenters. The Bertz CT molecular complexity index is 938. The highest BCUT2D eigenvalue weighted by Gasteiger charge is 2.21. The van der Waals surface area contributed by atoms with Crippen LogP contribution < -0.4 is 5.32 Å². The third kappa shape index (κ3) is 4.09. The Hall–Kier alpha value is -2.67. The molecular formula is C21H26N4O3. The molecule has 1 aliphatic rings. The van der Waals surface area contributed by atoms with Crippen molar-refractivity contribution in [2.75, 3.05) is 26.2 Å². The first kappa shape index (κ1) is 18.7. The van der Waals surface area contributed by atoms with Gasteiger partial charge < -0.3 is 19.2 Å². The molecule has 4 rings (SSSR count). The summed E-state index contributed by atoms with van der Waals surface area (Å²) >= 11 is 0. The van der Waals surface area contributed by atoms with Gasteiger partial charge in [0.15, 0.2) is 5.76 Å². The van der Waals surface area contributed by atoms with Gasteiger partial charge in [-0.25, -0.2) is 0 Å². The molecule has 28 heavy (non-hydrogen) atoms. The normalized spacial score (nSPS) is 15.6. The first-order chi connectivity index (χ1) is 13.7. The van der Waals surface area contributed by atoms with Crippen LogP contribution in [-0.2, 0) is 0 Å². The van der Waals surface area contributed by atoms with Crippen LogP contribution in [0.5, 0.6) is 0 Å². The molecule has 2 aromatic heterocycles. The minimum absolute atomic E-state index is 0.0374. The Morgan fingerprint density at radius 3 is 2.75 bits per heavy atom. The molecule has 0 unspecified atom stereocenters. The minimum Gasteiger partial charge on any atom is -0.452 e. The van der Waals surface area contributed by atoms with Gasteiger partial charge in [-0.05, 0) is 51.9 Å². The number of carbonyl (C=O) groups excluding carboxylic acids is 1. The molecule has 1 fully saturated rings. The number of nitrogens with zero attached hydrogens (tertiary/aromatic N) is 3. The lowest BCUT2D eigenvalue weighted by Crippen LogP contribution is -2.30. The summed E-state index contributed by atoms with van der Waals surface area (Å²) in [5, 5.41) is 7.80. The van der Waals surface area contributed by atoms with Crippen LogP contribution in [-0.4, -0.2) is 47.1 Å². The third-order valence-electron chi connectivity index (χ3n) is 5.30. The molecule has 1 aliphatic heterocycles. The van der Waals surface area contributed by atoms with E-state index in [1.807, 2.05) is 31.2 Å². The topological polar surface area (TPSA) is 84.4 Å². The highest BCUT2D eigenvalue weighted by molar-refractivity contribution is 5.90. The number of carbonyl (C=O) groups is 1. The number of nitrogens with one attached hydrogen (secondary N) is 1. The highest BCUT2D eigenvalue weighted by Crippen LogP contribution is 2.31. The predicted molar refractivity (Wildman–Crippen MR) is 106 cm³/mol. The lowest BCUT2D eigenvalue weighted by Gasteiger charge is -2.19. The number of hydrogen-bond acceptors (Lipinski definition) is 6. The van der Waals surface area contributed by atoms with Crippen LogP contribution in [0.15, 0.2) is 33.2 Å². The van der Waals surface area contributed by atoms with E-state index < -0.39 is 0 Å². The number of aromatic nitrogens is 2. The summed E-state index contributed by atoms with van der Waals surface area (Å²) in [6.07, 6.45) is 6.13. The zero-order chi connectivity index (χ0) is 19.3. The van der Waals surface area contributed by atoms with Crippen LogP contribution in [0.2, 0.25) is 0 Å². The maximum atomic E-state index is 12.3. The van der Waals surface area contributed by atoms with E-state index >= 15 is 0 Å². The van der Waals surface area contributed by atoms with E-state index in [1.54, 1.807) is 0 Å². The molecule has 0 saturated carbocycles. The minimum atomic E-state index is -0.344. The largest absolute Gasteiger partial charge is 0.452 e. The number of para-hydroxylation sites is 1. The fourth-order valence-electron chi connectivity index (χ4n) is 3.74. The quantitative estimate of drug-likeness (QED) is 0.653. The second kappa shape index (κ2) is 8.56. The van der Waals surface area contributed by atoms with Crippen molar-refractivity contribution in [3.05, 3.63) is 35.7 Å². The number of rotatable bonds is 6. The molecule has 7 nitrogen and oxygen atoms in total. The Morgan fingerprint density at radius 1 is 1.18 bits per heavy atom. The summed E-state index contributed by atoms with van der Waals surface area (Å²) in [5.41, 5.74) is 1.69. The number of benzene rings is 1. The smallest absolute Gasteiger partial charge is 0.316 e. The number of hydrogen-bond donors (Lipinski definition) is 1. The summed E-state index contributed by atoms with van der Waals surface area (Å²) in [6, 6.07) is 7.74. The molecule has 0 bridgehead atoms. The van der Waals surface area contributed by atoms with Crippen LogP contribution in [0.1, 0.15) is 48.4 Å². The van der Waals surface area contributed by atoms with Crippen LogP contribution in [0.3, 0.4) is 0 Å². The Kier molecular flexibility index (Phi) is 5.71. The maximum absolute atomic E-state index is 12.3. The molecule has 1 amide bonds. The fraction of sp³-hybridized carbons (Fsp3) is 0.476. The predicted octanol–water partition coefficient (Wildman–Crippen LogP) is 3.79. The molecule has 148 valence electrons. The van der Waals surface area contributed by atoms with Crippen LogP contribution in [0, 0.1) is 6.92 Å². The second-order valence-corrected chi connectivity index (χ2v) is 7.34. The molecule has 1 N–H and O–H groups in total. The van der Waals surface area contributed by atoms with E-state index in [-0.39, 0.29) is 11.8 Å². The van der Waals surface area contributed by atoms with Crippen molar-refractivity contribution in [2.45, 2.75) is 39.0 Å². The van der Waals surface area contributed by atoms with Gasteiger partial charge in [0.2, 0.25) is 5.82 Å². The lowest BCUT2D eigenvalue weighted by atomic mass is 10.1. The summed E-state index contributed by atoms with van der Waals surface area (Å²) in [7, 11) is 0. The zero-order valence-corrected chi connectivity index (χ0v) is 16.2. The van der Waals surface area contributed by atoms with Crippen LogP contribution in [0.4, 0.5) is 0 Å². The monoisotopic (exact) mass is 382 g/mol. The van der Waals surface area contributed by atoms with Gasteiger partial charge in [0.1, 0.15) is 5.58 Å². The third-order valence-corrected chi connectivity index (χ3v) is 5.30. The standard InChI is InChI=1S/C21H26N4O3/c1-15-16-9-4-5-10-17(16)27-18(15)19-23-21(28-24-19)20(26)22-11-8-14-25-12-6-2-3-7-13-25/h4-5,9-10H,2-3,6-8,11-14H2,1H3,(H,22,26).